The third-order valence-corrected chi connectivity index (χ3v) is 4.13. The van der Waals surface area contributed by atoms with Crippen molar-refractivity contribution in [2.24, 2.45) is 5.92 Å². The monoisotopic (exact) mass is 339 g/mol. The summed E-state index contributed by atoms with van der Waals surface area (Å²) >= 11 is 0. The number of halogens is 3. The number of aliphatic hydroxyl groups excluding tert-OH is 1. The van der Waals surface area contributed by atoms with Crippen LogP contribution in [0.25, 0.3) is 0 Å². The van der Waals surface area contributed by atoms with Gasteiger partial charge in [-0.05, 0) is 42.2 Å². The van der Waals surface area contributed by atoms with Crippen LogP contribution in [0.4, 0.5) is 13.2 Å². The maximum atomic E-state index is 12.5. The lowest BCUT2D eigenvalue weighted by Gasteiger charge is -2.10. The summed E-state index contributed by atoms with van der Waals surface area (Å²) in [6.07, 6.45) is -3.26. The average molecular weight is 339 g/mol. The van der Waals surface area contributed by atoms with Crippen molar-refractivity contribution in [3.05, 3.63) is 59.5 Å². The molecule has 2 N–H and O–H groups in total. The van der Waals surface area contributed by atoms with Crippen molar-refractivity contribution in [1.29, 1.82) is 0 Å². The van der Waals surface area contributed by atoms with Gasteiger partial charge in [-0.3, -0.25) is 4.79 Å². The smallest absolute Gasteiger partial charge is 0.416 e. The highest BCUT2D eigenvalue weighted by Gasteiger charge is 2.44. The van der Waals surface area contributed by atoms with E-state index in [1.807, 2.05) is 0 Å². The molecule has 2 aromatic rings. The Labute approximate surface area is 136 Å². The molecule has 0 bridgehead atoms. The summed E-state index contributed by atoms with van der Waals surface area (Å²) in [6.45, 7) is 0.0303. The van der Waals surface area contributed by atoms with Crippen LogP contribution in [0.2, 0.25) is 0 Å². The largest absolute Gasteiger partial charge is 0.467 e. The number of hydrogen-bond donors (Lipinski definition) is 2. The van der Waals surface area contributed by atoms with Gasteiger partial charge in [-0.15, -0.1) is 0 Å². The van der Waals surface area contributed by atoms with Gasteiger partial charge in [0.15, 0.2) is 0 Å². The molecule has 1 aliphatic rings. The van der Waals surface area contributed by atoms with Crippen molar-refractivity contribution < 1.29 is 27.5 Å². The fourth-order valence-electron chi connectivity index (χ4n) is 2.68. The lowest BCUT2D eigenvalue weighted by atomic mass is 10.1. The Hall–Kier alpha value is -2.28. The SMILES string of the molecule is O=C(NCC(O)c1ccco1)C1CC1c1ccc(C(F)(F)F)cc1. The predicted octanol–water partition coefficient (Wildman–Crippen LogP) is 3.25. The van der Waals surface area contributed by atoms with Gasteiger partial charge < -0.3 is 14.8 Å². The summed E-state index contributed by atoms with van der Waals surface area (Å²) in [5, 5.41) is 12.5. The molecule has 1 aromatic carbocycles. The van der Waals surface area contributed by atoms with E-state index in [0.717, 1.165) is 17.7 Å². The molecule has 128 valence electrons. The lowest BCUT2D eigenvalue weighted by molar-refractivity contribution is -0.137. The molecule has 0 saturated heterocycles. The minimum atomic E-state index is -4.36. The standard InChI is InChI=1S/C17H16F3NO3/c18-17(19,20)11-5-3-10(4-6-11)12-8-13(12)16(23)21-9-14(22)15-2-1-7-24-15/h1-7,12-14,22H,8-9H2,(H,21,23). The Balaban J connectivity index is 1.52. The zero-order valence-electron chi connectivity index (χ0n) is 12.6. The van der Waals surface area contributed by atoms with Gasteiger partial charge in [0.25, 0.3) is 0 Å². The average Bonchev–Trinajstić information content (AvgIpc) is 3.16. The summed E-state index contributed by atoms with van der Waals surface area (Å²) in [4.78, 5) is 12.1. The number of carbonyl (C=O) groups excluding carboxylic acids is 1. The van der Waals surface area contributed by atoms with Crippen LogP contribution < -0.4 is 5.32 Å². The van der Waals surface area contributed by atoms with E-state index in [1.165, 1.54) is 18.4 Å². The van der Waals surface area contributed by atoms with Crippen molar-refractivity contribution in [2.75, 3.05) is 6.54 Å². The molecule has 1 heterocycles. The zero-order chi connectivity index (χ0) is 17.3. The van der Waals surface area contributed by atoms with E-state index in [1.54, 1.807) is 12.1 Å². The highest BCUT2D eigenvalue weighted by Crippen LogP contribution is 2.48. The Morgan fingerprint density at radius 2 is 2.00 bits per heavy atom. The zero-order valence-corrected chi connectivity index (χ0v) is 12.6. The minimum absolute atomic E-state index is 0.0303. The van der Waals surface area contributed by atoms with Crippen LogP contribution in [0.15, 0.2) is 47.1 Å². The first kappa shape index (κ1) is 16.6. The number of carbonyl (C=O) groups is 1. The van der Waals surface area contributed by atoms with Crippen molar-refractivity contribution in [3.63, 3.8) is 0 Å². The normalized spacial score (nSPS) is 21.3. The molecule has 3 rings (SSSR count). The summed E-state index contributed by atoms with van der Waals surface area (Å²) in [7, 11) is 0. The maximum absolute atomic E-state index is 12.5. The molecular formula is C17H16F3NO3. The van der Waals surface area contributed by atoms with Crippen LogP contribution in [-0.2, 0) is 11.0 Å². The van der Waals surface area contributed by atoms with Crippen molar-refractivity contribution in [3.8, 4) is 0 Å². The highest BCUT2D eigenvalue weighted by atomic mass is 19.4. The number of hydrogen-bond acceptors (Lipinski definition) is 3. The third kappa shape index (κ3) is 3.62. The first-order valence-electron chi connectivity index (χ1n) is 7.52. The van der Waals surface area contributed by atoms with Gasteiger partial charge in [0.2, 0.25) is 5.91 Å². The molecule has 1 aromatic heterocycles. The van der Waals surface area contributed by atoms with E-state index >= 15 is 0 Å². The topological polar surface area (TPSA) is 62.5 Å². The molecule has 1 fully saturated rings. The van der Waals surface area contributed by atoms with E-state index in [4.69, 9.17) is 4.42 Å². The van der Waals surface area contributed by atoms with Gasteiger partial charge in [-0.2, -0.15) is 13.2 Å². The molecule has 1 aliphatic carbocycles. The summed E-state index contributed by atoms with van der Waals surface area (Å²) in [5.74, 6) is -0.200. The van der Waals surface area contributed by atoms with Crippen LogP contribution in [-0.4, -0.2) is 17.6 Å². The summed E-state index contributed by atoms with van der Waals surface area (Å²) in [6, 6.07) is 8.14. The van der Waals surface area contributed by atoms with E-state index < -0.39 is 17.8 Å². The first-order valence-corrected chi connectivity index (χ1v) is 7.52. The number of aliphatic hydroxyl groups is 1. The van der Waals surface area contributed by atoms with E-state index in [9.17, 15) is 23.1 Å². The van der Waals surface area contributed by atoms with E-state index in [2.05, 4.69) is 5.32 Å². The second kappa shape index (κ2) is 6.32. The second-order valence-corrected chi connectivity index (χ2v) is 5.84. The molecule has 4 nitrogen and oxygen atoms in total. The maximum Gasteiger partial charge on any atom is 0.416 e. The lowest BCUT2D eigenvalue weighted by Crippen LogP contribution is -2.29. The van der Waals surface area contributed by atoms with Crippen molar-refractivity contribution in [2.45, 2.75) is 24.6 Å². The molecule has 0 aliphatic heterocycles. The fourth-order valence-corrected chi connectivity index (χ4v) is 2.68. The number of alkyl halides is 3. The van der Waals surface area contributed by atoms with Crippen LogP contribution in [0.5, 0.6) is 0 Å². The van der Waals surface area contributed by atoms with Gasteiger partial charge in [-0.1, -0.05) is 12.1 Å². The number of furan rings is 1. The Bertz CT molecular complexity index is 695. The molecule has 24 heavy (non-hydrogen) atoms. The molecular weight excluding hydrogens is 323 g/mol. The molecule has 3 unspecified atom stereocenters. The number of nitrogens with one attached hydrogen (secondary N) is 1. The highest BCUT2D eigenvalue weighted by molar-refractivity contribution is 5.82. The Morgan fingerprint density at radius 3 is 2.58 bits per heavy atom. The van der Waals surface area contributed by atoms with Gasteiger partial charge in [0, 0.05) is 5.92 Å². The van der Waals surface area contributed by atoms with Gasteiger partial charge in [-0.25, -0.2) is 0 Å². The molecule has 0 radical (unpaired) electrons. The van der Waals surface area contributed by atoms with Crippen LogP contribution in [0, 0.1) is 5.92 Å². The Kier molecular flexibility index (Phi) is 4.36. The van der Waals surface area contributed by atoms with Gasteiger partial charge in [0.1, 0.15) is 11.9 Å². The van der Waals surface area contributed by atoms with Crippen molar-refractivity contribution in [1.82, 2.24) is 5.32 Å². The summed E-state index contributed by atoms with van der Waals surface area (Å²) in [5.41, 5.74) is 0.0178. The first-order chi connectivity index (χ1) is 11.4. The number of amides is 1. The summed E-state index contributed by atoms with van der Waals surface area (Å²) < 4.78 is 42.7. The van der Waals surface area contributed by atoms with E-state index in [0.29, 0.717) is 12.2 Å². The van der Waals surface area contributed by atoms with E-state index in [-0.39, 0.29) is 24.3 Å². The second-order valence-electron chi connectivity index (χ2n) is 5.84. The molecule has 3 atom stereocenters. The van der Waals surface area contributed by atoms with Crippen molar-refractivity contribution >= 4 is 5.91 Å². The number of benzene rings is 1. The van der Waals surface area contributed by atoms with Gasteiger partial charge >= 0.3 is 6.18 Å². The Morgan fingerprint density at radius 1 is 1.29 bits per heavy atom. The minimum Gasteiger partial charge on any atom is -0.467 e. The molecule has 7 heteroatoms. The van der Waals surface area contributed by atoms with Crippen LogP contribution >= 0.6 is 0 Å². The number of rotatable bonds is 5. The molecule has 1 saturated carbocycles. The quantitative estimate of drug-likeness (QED) is 0.879. The van der Waals surface area contributed by atoms with Gasteiger partial charge in [0.05, 0.1) is 18.4 Å². The molecule has 1 amide bonds. The fraction of sp³-hybridized carbons (Fsp3) is 0.353. The molecule has 0 spiro atoms. The third-order valence-electron chi connectivity index (χ3n) is 4.13. The van der Waals surface area contributed by atoms with Crippen LogP contribution in [0.1, 0.15) is 35.3 Å². The predicted molar refractivity (Wildman–Crippen MR) is 79.0 cm³/mol. The van der Waals surface area contributed by atoms with Crippen LogP contribution in [0.3, 0.4) is 0 Å².